The summed E-state index contributed by atoms with van der Waals surface area (Å²) in [6, 6.07) is 5.70. The number of hydrogen-bond acceptors (Lipinski definition) is 6. The molecular weight excluding hydrogens is 284 g/mol. The number of nitrogens with zero attached hydrogens (tertiary/aromatic N) is 2. The Morgan fingerprint density at radius 1 is 1.15 bits per heavy atom. The second-order valence-electron chi connectivity index (χ2n) is 3.91. The molecule has 7 nitrogen and oxygen atoms in total. The molecule has 1 aromatic carbocycles. The van der Waals surface area contributed by atoms with E-state index in [9.17, 15) is 13.2 Å². The number of aromatic nitrogens is 2. The number of aromatic carboxylic acids is 1. The van der Waals surface area contributed by atoms with Crippen molar-refractivity contribution < 1.29 is 23.1 Å². The molecule has 0 atom stereocenters. The van der Waals surface area contributed by atoms with Crippen molar-refractivity contribution in [1.82, 2.24) is 9.97 Å². The molecule has 0 aliphatic carbocycles. The second-order valence-corrected chi connectivity index (χ2v) is 5.92. The number of carboxylic acids is 1. The van der Waals surface area contributed by atoms with Crippen molar-refractivity contribution in [2.24, 2.45) is 0 Å². The van der Waals surface area contributed by atoms with Crippen molar-refractivity contribution in [2.75, 3.05) is 6.26 Å². The van der Waals surface area contributed by atoms with Crippen LogP contribution in [0.1, 0.15) is 10.4 Å². The molecule has 8 heteroatoms. The Bertz CT molecular complexity index is 723. The third-order valence-corrected chi connectivity index (χ3v) is 3.46. The molecule has 0 saturated carbocycles. The first-order valence-corrected chi connectivity index (χ1v) is 7.29. The molecule has 0 saturated heterocycles. The Hall–Kier alpha value is -2.48. The van der Waals surface area contributed by atoms with Crippen molar-refractivity contribution in [3.8, 4) is 11.8 Å². The molecule has 2 aromatic rings. The second kappa shape index (κ2) is 5.25. The summed E-state index contributed by atoms with van der Waals surface area (Å²) in [7, 11) is -3.26. The maximum atomic E-state index is 11.3. The molecule has 0 fully saturated rings. The molecule has 1 heterocycles. The number of benzene rings is 1. The maximum absolute atomic E-state index is 11.3. The molecule has 104 valence electrons. The molecule has 1 N–H and O–H groups in total. The predicted octanol–water partition coefficient (Wildman–Crippen LogP) is 1.37. The molecule has 0 unspecified atom stereocenters. The van der Waals surface area contributed by atoms with Gasteiger partial charge in [0.15, 0.2) is 9.84 Å². The van der Waals surface area contributed by atoms with E-state index in [0.717, 1.165) is 18.6 Å². The van der Waals surface area contributed by atoms with E-state index in [0.29, 0.717) is 5.75 Å². The number of carbonyl (C=O) groups is 1. The first-order valence-electron chi connectivity index (χ1n) is 5.39. The Kier molecular flexibility index (Phi) is 3.66. The molecule has 20 heavy (non-hydrogen) atoms. The number of carboxylic acid groups (broad SMARTS) is 1. The van der Waals surface area contributed by atoms with Crippen LogP contribution < -0.4 is 4.74 Å². The molecule has 0 aliphatic heterocycles. The summed E-state index contributed by atoms with van der Waals surface area (Å²) in [4.78, 5) is 18.3. The minimum atomic E-state index is -3.26. The van der Waals surface area contributed by atoms with E-state index in [4.69, 9.17) is 9.84 Å². The third kappa shape index (κ3) is 3.29. The lowest BCUT2D eigenvalue weighted by atomic mass is 10.3. The zero-order valence-electron chi connectivity index (χ0n) is 10.3. The van der Waals surface area contributed by atoms with Gasteiger partial charge in [0.05, 0.1) is 10.5 Å². The molecule has 0 spiro atoms. The minimum absolute atomic E-state index is 0.0258. The van der Waals surface area contributed by atoms with Crippen molar-refractivity contribution in [3.63, 3.8) is 0 Å². The topological polar surface area (TPSA) is 106 Å². The maximum Gasteiger partial charge on any atom is 0.338 e. The highest BCUT2D eigenvalue weighted by Gasteiger charge is 2.08. The fourth-order valence-corrected chi connectivity index (χ4v) is 1.97. The van der Waals surface area contributed by atoms with Gasteiger partial charge in [-0.15, -0.1) is 0 Å². The zero-order chi connectivity index (χ0) is 14.8. The lowest BCUT2D eigenvalue weighted by Crippen LogP contribution is -2.00. The average molecular weight is 294 g/mol. The molecule has 0 aliphatic rings. The number of sulfone groups is 1. The normalized spacial score (nSPS) is 11.1. The lowest BCUT2D eigenvalue weighted by molar-refractivity contribution is 0.0696. The van der Waals surface area contributed by atoms with Gasteiger partial charge in [-0.1, -0.05) is 0 Å². The van der Waals surface area contributed by atoms with Crippen LogP contribution in [0.25, 0.3) is 0 Å². The van der Waals surface area contributed by atoms with E-state index >= 15 is 0 Å². The largest absolute Gasteiger partial charge is 0.478 e. The molecule has 2 rings (SSSR count). The number of ether oxygens (including phenoxy) is 1. The van der Waals surface area contributed by atoms with Crippen LogP contribution in [0.2, 0.25) is 0 Å². The fraction of sp³-hybridized carbons (Fsp3) is 0.0833. The van der Waals surface area contributed by atoms with Gasteiger partial charge in [-0.25, -0.2) is 23.2 Å². The summed E-state index contributed by atoms with van der Waals surface area (Å²) in [5, 5.41) is 8.69. The van der Waals surface area contributed by atoms with Crippen LogP contribution in [-0.4, -0.2) is 35.7 Å². The predicted molar refractivity (Wildman–Crippen MR) is 68.6 cm³/mol. The summed E-state index contributed by atoms with van der Waals surface area (Å²) >= 11 is 0. The van der Waals surface area contributed by atoms with Crippen LogP contribution >= 0.6 is 0 Å². The van der Waals surface area contributed by atoms with Gasteiger partial charge in [-0.05, 0) is 24.3 Å². The summed E-state index contributed by atoms with van der Waals surface area (Å²) in [6.45, 7) is 0. The molecule has 1 aromatic heterocycles. The van der Waals surface area contributed by atoms with Crippen LogP contribution in [0.5, 0.6) is 11.8 Å². The molecule has 0 amide bonds. The van der Waals surface area contributed by atoms with Crippen molar-refractivity contribution in [1.29, 1.82) is 0 Å². The van der Waals surface area contributed by atoms with E-state index < -0.39 is 15.8 Å². The van der Waals surface area contributed by atoms with Gasteiger partial charge in [0.25, 0.3) is 0 Å². The third-order valence-electron chi connectivity index (χ3n) is 2.34. The number of hydrogen-bond donors (Lipinski definition) is 1. The van der Waals surface area contributed by atoms with E-state index in [1.165, 1.54) is 24.3 Å². The van der Waals surface area contributed by atoms with Gasteiger partial charge in [-0.2, -0.15) is 0 Å². The van der Waals surface area contributed by atoms with Crippen LogP contribution in [0, 0.1) is 0 Å². The van der Waals surface area contributed by atoms with Crippen molar-refractivity contribution >= 4 is 15.8 Å². The SMILES string of the molecule is CS(=O)(=O)c1ccc(Oc2ncc(C(=O)O)cn2)cc1. The summed E-state index contributed by atoms with van der Waals surface area (Å²) < 4.78 is 27.8. The van der Waals surface area contributed by atoms with E-state index in [1.54, 1.807) is 0 Å². The van der Waals surface area contributed by atoms with E-state index in [-0.39, 0.29) is 16.5 Å². The van der Waals surface area contributed by atoms with Gasteiger partial charge in [0.1, 0.15) is 5.75 Å². The van der Waals surface area contributed by atoms with E-state index in [1.807, 2.05) is 0 Å². The Labute approximate surface area is 114 Å². The van der Waals surface area contributed by atoms with Gasteiger partial charge >= 0.3 is 12.0 Å². The smallest absolute Gasteiger partial charge is 0.338 e. The van der Waals surface area contributed by atoms with Crippen LogP contribution in [0.4, 0.5) is 0 Å². The summed E-state index contributed by atoms with van der Waals surface area (Å²) in [5.74, 6) is -0.783. The molecule has 0 radical (unpaired) electrons. The van der Waals surface area contributed by atoms with Crippen molar-refractivity contribution in [2.45, 2.75) is 4.90 Å². The highest BCUT2D eigenvalue weighted by atomic mass is 32.2. The lowest BCUT2D eigenvalue weighted by Gasteiger charge is -2.04. The fourth-order valence-electron chi connectivity index (χ4n) is 1.34. The monoisotopic (exact) mass is 294 g/mol. The van der Waals surface area contributed by atoms with Crippen LogP contribution in [0.3, 0.4) is 0 Å². The Morgan fingerprint density at radius 3 is 2.15 bits per heavy atom. The first kappa shape index (κ1) is 13.9. The summed E-state index contributed by atoms with van der Waals surface area (Å²) in [6.07, 6.45) is 3.35. The highest BCUT2D eigenvalue weighted by Crippen LogP contribution is 2.19. The van der Waals surface area contributed by atoms with Crippen LogP contribution in [-0.2, 0) is 9.84 Å². The van der Waals surface area contributed by atoms with Crippen LogP contribution in [0.15, 0.2) is 41.6 Å². The number of rotatable bonds is 4. The zero-order valence-corrected chi connectivity index (χ0v) is 11.2. The van der Waals surface area contributed by atoms with E-state index in [2.05, 4.69) is 9.97 Å². The van der Waals surface area contributed by atoms with Gasteiger partial charge < -0.3 is 9.84 Å². The average Bonchev–Trinajstić information content (AvgIpc) is 2.39. The quantitative estimate of drug-likeness (QED) is 0.907. The van der Waals surface area contributed by atoms with Gasteiger partial charge in [0.2, 0.25) is 0 Å². The van der Waals surface area contributed by atoms with Gasteiger partial charge in [-0.3, -0.25) is 0 Å². The Morgan fingerprint density at radius 2 is 1.70 bits per heavy atom. The van der Waals surface area contributed by atoms with Gasteiger partial charge in [0, 0.05) is 18.6 Å². The molecular formula is C12H10N2O5S. The van der Waals surface area contributed by atoms with Crippen molar-refractivity contribution in [3.05, 3.63) is 42.2 Å². The highest BCUT2D eigenvalue weighted by molar-refractivity contribution is 7.90. The Balaban J connectivity index is 2.16. The first-order chi connectivity index (χ1) is 9.36. The summed E-state index contributed by atoms with van der Waals surface area (Å²) in [5.41, 5.74) is -0.0511. The minimum Gasteiger partial charge on any atom is -0.478 e. The molecule has 0 bridgehead atoms. The standard InChI is InChI=1S/C12H10N2O5S/c1-20(17,18)10-4-2-9(3-5-10)19-12-13-6-8(7-14-12)11(15)16/h2-7H,1H3,(H,15,16).